The molecule has 0 aromatic carbocycles. The third-order valence-electron chi connectivity index (χ3n) is 1.97. The third-order valence-corrected chi connectivity index (χ3v) is 1.97. The summed E-state index contributed by atoms with van der Waals surface area (Å²) in [7, 11) is 0. The number of aryl methyl sites for hydroxylation is 1. The molecule has 0 atom stereocenters. The van der Waals surface area contributed by atoms with Gasteiger partial charge in [0.05, 0.1) is 6.20 Å². The van der Waals surface area contributed by atoms with E-state index in [4.69, 9.17) is 4.42 Å². The summed E-state index contributed by atoms with van der Waals surface area (Å²) in [6.07, 6.45) is 5.07. The van der Waals surface area contributed by atoms with Crippen LogP contribution in [0, 0.1) is 6.92 Å². The first-order valence-corrected chi connectivity index (χ1v) is 4.19. The summed E-state index contributed by atoms with van der Waals surface area (Å²) in [5.74, 6) is 1.64. The van der Waals surface area contributed by atoms with Gasteiger partial charge in [0.25, 0.3) is 0 Å². The molecule has 1 N–H and O–H groups in total. The fourth-order valence-corrected chi connectivity index (χ4v) is 1.34. The van der Waals surface area contributed by atoms with E-state index in [2.05, 4.69) is 16.4 Å². The highest BCUT2D eigenvalue weighted by molar-refractivity contribution is 5.62. The lowest BCUT2D eigenvalue weighted by molar-refractivity contribution is 0.505. The second-order valence-corrected chi connectivity index (χ2v) is 2.94. The van der Waals surface area contributed by atoms with Crippen molar-refractivity contribution in [2.45, 2.75) is 13.3 Å². The lowest BCUT2D eigenvalue weighted by Crippen LogP contribution is -2.21. The van der Waals surface area contributed by atoms with Gasteiger partial charge < -0.3 is 9.73 Å². The van der Waals surface area contributed by atoms with E-state index in [1.807, 2.05) is 6.92 Å². The number of hydrogen-bond acceptors (Lipinski definition) is 3. The maximum atomic E-state index is 5.40. The van der Waals surface area contributed by atoms with Gasteiger partial charge in [0, 0.05) is 19.0 Å². The minimum atomic E-state index is 0.733. The molecule has 3 heteroatoms. The predicted molar refractivity (Wildman–Crippen MR) is 46.7 cm³/mol. The van der Waals surface area contributed by atoms with Crippen LogP contribution in [-0.4, -0.2) is 18.1 Å². The van der Waals surface area contributed by atoms with Gasteiger partial charge in [0.1, 0.15) is 0 Å². The number of nitrogens with zero attached hydrogens (tertiary/aromatic N) is 1. The van der Waals surface area contributed by atoms with E-state index in [0.717, 1.165) is 31.2 Å². The Labute approximate surface area is 71.5 Å². The maximum Gasteiger partial charge on any atom is 0.191 e. The quantitative estimate of drug-likeness (QED) is 0.681. The van der Waals surface area contributed by atoms with Gasteiger partial charge in [0.2, 0.25) is 0 Å². The zero-order valence-electron chi connectivity index (χ0n) is 7.13. The summed E-state index contributed by atoms with van der Waals surface area (Å²) in [6, 6.07) is 0. The molecule has 1 aliphatic heterocycles. The van der Waals surface area contributed by atoms with Crippen LogP contribution in [0.15, 0.2) is 16.7 Å². The molecule has 0 spiro atoms. The Morgan fingerprint density at radius 1 is 1.58 bits per heavy atom. The first kappa shape index (κ1) is 7.55. The van der Waals surface area contributed by atoms with Crippen molar-refractivity contribution in [3.8, 4) is 0 Å². The van der Waals surface area contributed by atoms with Gasteiger partial charge in [-0.3, -0.25) is 0 Å². The molecule has 2 rings (SSSR count). The number of hydrogen-bond donors (Lipinski definition) is 1. The first-order chi connectivity index (χ1) is 5.86. The van der Waals surface area contributed by atoms with E-state index >= 15 is 0 Å². The van der Waals surface area contributed by atoms with Crippen LogP contribution >= 0.6 is 0 Å². The second kappa shape index (κ2) is 3.11. The molecule has 1 aromatic rings. The summed E-state index contributed by atoms with van der Waals surface area (Å²) in [4.78, 5) is 4.06. The van der Waals surface area contributed by atoms with E-state index in [1.54, 1.807) is 6.20 Å². The molecule has 0 bridgehead atoms. The molecule has 0 saturated heterocycles. The Balaban J connectivity index is 2.23. The maximum absolute atomic E-state index is 5.40. The van der Waals surface area contributed by atoms with E-state index < -0.39 is 0 Å². The van der Waals surface area contributed by atoms with E-state index in [9.17, 15) is 0 Å². The molecule has 1 aliphatic rings. The lowest BCUT2D eigenvalue weighted by atomic mass is 10.1. The zero-order valence-corrected chi connectivity index (χ0v) is 7.13. The van der Waals surface area contributed by atoms with Crippen LogP contribution in [0.2, 0.25) is 0 Å². The van der Waals surface area contributed by atoms with Crippen LogP contribution in [0.5, 0.6) is 0 Å². The van der Waals surface area contributed by atoms with Crippen molar-refractivity contribution in [3.05, 3.63) is 23.9 Å². The van der Waals surface area contributed by atoms with Crippen LogP contribution in [-0.2, 0) is 0 Å². The van der Waals surface area contributed by atoms with Crippen molar-refractivity contribution in [2.75, 3.05) is 13.1 Å². The minimum Gasteiger partial charge on any atom is -0.441 e. The molecule has 64 valence electrons. The summed E-state index contributed by atoms with van der Waals surface area (Å²) < 4.78 is 5.40. The minimum absolute atomic E-state index is 0.733. The fraction of sp³-hybridized carbons (Fsp3) is 0.444. The highest BCUT2D eigenvalue weighted by Gasteiger charge is 2.08. The van der Waals surface area contributed by atoms with Gasteiger partial charge in [-0.15, -0.1) is 0 Å². The standard InChI is InChI=1S/C9H12N2O/c1-7-11-6-9(12-7)8-3-2-4-10-5-8/h3,6,10H,2,4-5H2,1H3. The predicted octanol–water partition coefficient (Wildman–Crippen LogP) is 1.36. The monoisotopic (exact) mass is 164 g/mol. The molecule has 0 aliphatic carbocycles. The SMILES string of the molecule is Cc1ncc(C2=CCCNC2)o1. The lowest BCUT2D eigenvalue weighted by Gasteiger charge is -2.10. The average molecular weight is 164 g/mol. The molecular weight excluding hydrogens is 152 g/mol. The van der Waals surface area contributed by atoms with Gasteiger partial charge in [0.15, 0.2) is 11.7 Å². The van der Waals surface area contributed by atoms with Gasteiger partial charge in [-0.2, -0.15) is 0 Å². The Morgan fingerprint density at radius 3 is 3.08 bits per heavy atom. The van der Waals surface area contributed by atoms with Gasteiger partial charge >= 0.3 is 0 Å². The molecule has 0 unspecified atom stereocenters. The Bertz CT molecular complexity index is 301. The molecule has 0 saturated carbocycles. The number of rotatable bonds is 1. The molecule has 12 heavy (non-hydrogen) atoms. The fourth-order valence-electron chi connectivity index (χ4n) is 1.34. The van der Waals surface area contributed by atoms with Crippen LogP contribution in [0.4, 0.5) is 0 Å². The number of aromatic nitrogens is 1. The largest absolute Gasteiger partial charge is 0.441 e. The molecule has 2 heterocycles. The Kier molecular flexibility index (Phi) is 1.96. The summed E-state index contributed by atoms with van der Waals surface area (Å²) >= 11 is 0. The van der Waals surface area contributed by atoms with Crippen molar-refractivity contribution >= 4 is 5.57 Å². The topological polar surface area (TPSA) is 38.1 Å². The van der Waals surface area contributed by atoms with Crippen molar-refractivity contribution in [1.82, 2.24) is 10.3 Å². The number of oxazole rings is 1. The van der Waals surface area contributed by atoms with Crippen LogP contribution < -0.4 is 5.32 Å². The normalized spacial score (nSPS) is 17.6. The van der Waals surface area contributed by atoms with Gasteiger partial charge in [-0.05, 0) is 13.0 Å². The molecule has 1 aromatic heterocycles. The Hall–Kier alpha value is -1.09. The Morgan fingerprint density at radius 2 is 2.50 bits per heavy atom. The average Bonchev–Trinajstić information content (AvgIpc) is 2.54. The molecular formula is C9H12N2O. The molecule has 0 amide bonds. The van der Waals surface area contributed by atoms with Crippen molar-refractivity contribution in [2.24, 2.45) is 0 Å². The van der Waals surface area contributed by atoms with Crippen LogP contribution in [0.25, 0.3) is 5.57 Å². The summed E-state index contributed by atoms with van der Waals surface area (Å²) in [5, 5.41) is 3.29. The smallest absolute Gasteiger partial charge is 0.191 e. The molecule has 3 nitrogen and oxygen atoms in total. The van der Waals surface area contributed by atoms with Crippen molar-refractivity contribution in [1.29, 1.82) is 0 Å². The van der Waals surface area contributed by atoms with Crippen molar-refractivity contribution < 1.29 is 4.42 Å². The second-order valence-electron chi connectivity index (χ2n) is 2.94. The van der Waals surface area contributed by atoms with E-state index in [0.29, 0.717) is 0 Å². The summed E-state index contributed by atoms with van der Waals surface area (Å²) in [6.45, 7) is 3.82. The van der Waals surface area contributed by atoms with Crippen molar-refractivity contribution in [3.63, 3.8) is 0 Å². The van der Waals surface area contributed by atoms with Crippen LogP contribution in [0.3, 0.4) is 0 Å². The third kappa shape index (κ3) is 1.41. The number of nitrogens with one attached hydrogen (secondary N) is 1. The van der Waals surface area contributed by atoms with E-state index in [-0.39, 0.29) is 0 Å². The molecule has 0 radical (unpaired) electrons. The highest BCUT2D eigenvalue weighted by atomic mass is 16.4. The first-order valence-electron chi connectivity index (χ1n) is 4.19. The van der Waals surface area contributed by atoms with Crippen LogP contribution in [0.1, 0.15) is 18.1 Å². The van der Waals surface area contributed by atoms with Gasteiger partial charge in [-0.25, -0.2) is 4.98 Å². The van der Waals surface area contributed by atoms with E-state index in [1.165, 1.54) is 5.57 Å². The molecule has 0 fully saturated rings. The zero-order chi connectivity index (χ0) is 8.39. The summed E-state index contributed by atoms with van der Waals surface area (Å²) in [5.41, 5.74) is 1.22. The van der Waals surface area contributed by atoms with Gasteiger partial charge in [-0.1, -0.05) is 6.08 Å². The highest BCUT2D eigenvalue weighted by Crippen LogP contribution is 2.16.